The predicted octanol–water partition coefficient (Wildman–Crippen LogP) is 2.39. The van der Waals surface area contributed by atoms with Crippen LogP contribution < -0.4 is 0 Å². The summed E-state index contributed by atoms with van der Waals surface area (Å²) in [5, 5.41) is 0. The molecule has 0 fully saturated rings. The quantitative estimate of drug-likeness (QED) is 0.657. The van der Waals surface area contributed by atoms with Crippen LogP contribution in [0.2, 0.25) is 0 Å². The lowest BCUT2D eigenvalue weighted by molar-refractivity contribution is -0.0888. The van der Waals surface area contributed by atoms with Gasteiger partial charge in [0.05, 0.1) is 0 Å². The number of alkyl halides is 3. The fraction of sp³-hybridized carbons (Fsp3) is 0.600. The molecule has 1 aliphatic heterocycles. The number of carbonyl (C=O) groups excluding carboxylic acids is 1. The highest BCUT2D eigenvalue weighted by molar-refractivity contribution is 7.79. The van der Waals surface area contributed by atoms with E-state index in [9.17, 15) is 18.0 Å². The van der Waals surface area contributed by atoms with Crippen LogP contribution >= 0.6 is 12.6 Å². The maximum absolute atomic E-state index is 12.4. The molecule has 0 saturated carbocycles. The molecular formula is C10H11F3N2OS. The summed E-state index contributed by atoms with van der Waals surface area (Å²) < 4.78 is 38.9. The van der Waals surface area contributed by atoms with Gasteiger partial charge in [-0.2, -0.15) is 25.8 Å². The molecule has 94 valence electrons. The first kappa shape index (κ1) is 12.5. The van der Waals surface area contributed by atoms with Crippen molar-refractivity contribution < 1.29 is 18.0 Å². The lowest BCUT2D eigenvalue weighted by Crippen LogP contribution is -2.25. The number of thiol groups is 1. The minimum Gasteiger partial charge on any atom is -0.331 e. The van der Waals surface area contributed by atoms with E-state index in [1.807, 2.05) is 0 Å². The second kappa shape index (κ2) is 4.36. The number of halogens is 3. The van der Waals surface area contributed by atoms with Gasteiger partial charge in [0, 0.05) is 18.0 Å². The van der Waals surface area contributed by atoms with Crippen LogP contribution in [-0.4, -0.2) is 21.5 Å². The molecule has 0 aliphatic carbocycles. The Morgan fingerprint density at radius 1 is 1.41 bits per heavy atom. The van der Waals surface area contributed by atoms with Gasteiger partial charge >= 0.3 is 6.18 Å². The van der Waals surface area contributed by atoms with Gasteiger partial charge in [0.15, 0.2) is 0 Å². The third kappa shape index (κ3) is 2.20. The standard InChI is InChI=1S/C10H11F3N2OS/c11-10(12,13)9(16)8-6-3-1-2-4-15(6)7(5-17)14-8/h17H,1-5H2. The molecule has 0 atom stereocenters. The molecule has 0 radical (unpaired) electrons. The van der Waals surface area contributed by atoms with Gasteiger partial charge in [-0.3, -0.25) is 4.79 Å². The molecule has 3 nitrogen and oxygen atoms in total. The van der Waals surface area contributed by atoms with Crippen molar-refractivity contribution in [2.75, 3.05) is 0 Å². The fourth-order valence-corrected chi connectivity index (χ4v) is 2.30. The minimum absolute atomic E-state index is 0.234. The highest BCUT2D eigenvalue weighted by Gasteiger charge is 2.43. The van der Waals surface area contributed by atoms with Gasteiger partial charge < -0.3 is 4.57 Å². The van der Waals surface area contributed by atoms with Crippen molar-refractivity contribution in [2.45, 2.75) is 37.7 Å². The van der Waals surface area contributed by atoms with Crippen LogP contribution in [-0.2, 0) is 18.7 Å². The highest BCUT2D eigenvalue weighted by atomic mass is 32.1. The first-order valence-corrected chi connectivity index (χ1v) is 5.89. The molecule has 1 aromatic rings. The van der Waals surface area contributed by atoms with Crippen LogP contribution in [0.4, 0.5) is 13.2 Å². The van der Waals surface area contributed by atoms with Gasteiger partial charge in [0.1, 0.15) is 11.5 Å². The topological polar surface area (TPSA) is 34.9 Å². The van der Waals surface area contributed by atoms with E-state index >= 15 is 0 Å². The average molecular weight is 264 g/mol. The van der Waals surface area contributed by atoms with Crippen molar-refractivity contribution in [1.29, 1.82) is 0 Å². The molecular weight excluding hydrogens is 253 g/mol. The fourth-order valence-electron chi connectivity index (χ4n) is 2.05. The van der Waals surface area contributed by atoms with E-state index in [0.717, 1.165) is 12.8 Å². The van der Waals surface area contributed by atoms with Crippen molar-refractivity contribution >= 4 is 18.4 Å². The van der Waals surface area contributed by atoms with Gasteiger partial charge in [-0.15, -0.1) is 0 Å². The van der Waals surface area contributed by atoms with E-state index < -0.39 is 17.7 Å². The smallest absolute Gasteiger partial charge is 0.331 e. The summed E-state index contributed by atoms with van der Waals surface area (Å²) in [7, 11) is 0. The molecule has 2 rings (SSSR count). The van der Waals surface area contributed by atoms with E-state index in [1.54, 1.807) is 4.57 Å². The molecule has 0 unspecified atom stereocenters. The first-order chi connectivity index (χ1) is 7.95. The Balaban J connectivity index is 2.48. The molecule has 0 aromatic carbocycles. The predicted molar refractivity (Wildman–Crippen MR) is 58.2 cm³/mol. The lowest BCUT2D eigenvalue weighted by atomic mass is 10.1. The Labute approximate surface area is 101 Å². The number of rotatable bonds is 2. The van der Waals surface area contributed by atoms with Crippen LogP contribution in [0.5, 0.6) is 0 Å². The zero-order chi connectivity index (χ0) is 12.6. The second-order valence-corrected chi connectivity index (χ2v) is 4.23. The van der Waals surface area contributed by atoms with Gasteiger partial charge in [-0.05, 0) is 19.3 Å². The van der Waals surface area contributed by atoms with Gasteiger partial charge in [0.25, 0.3) is 5.78 Å². The van der Waals surface area contributed by atoms with Crippen molar-refractivity contribution in [3.8, 4) is 0 Å². The second-order valence-electron chi connectivity index (χ2n) is 3.92. The highest BCUT2D eigenvalue weighted by Crippen LogP contribution is 2.27. The Morgan fingerprint density at radius 2 is 2.12 bits per heavy atom. The Morgan fingerprint density at radius 3 is 2.71 bits per heavy atom. The number of hydrogen-bond donors (Lipinski definition) is 1. The monoisotopic (exact) mass is 264 g/mol. The molecule has 1 aliphatic rings. The number of Topliss-reactive ketones (excluding diaryl/α,β-unsaturated/α-hetero) is 1. The summed E-state index contributed by atoms with van der Waals surface area (Å²) in [6, 6.07) is 0. The lowest BCUT2D eigenvalue weighted by Gasteiger charge is -2.16. The molecule has 7 heteroatoms. The van der Waals surface area contributed by atoms with E-state index in [0.29, 0.717) is 24.5 Å². The molecule has 0 bridgehead atoms. The van der Waals surface area contributed by atoms with E-state index in [1.165, 1.54) is 0 Å². The van der Waals surface area contributed by atoms with E-state index in [2.05, 4.69) is 17.6 Å². The van der Waals surface area contributed by atoms with Gasteiger partial charge in [-0.1, -0.05) is 0 Å². The molecule has 17 heavy (non-hydrogen) atoms. The maximum atomic E-state index is 12.4. The van der Waals surface area contributed by atoms with Crippen LogP contribution in [0, 0.1) is 0 Å². The third-order valence-electron chi connectivity index (χ3n) is 2.81. The summed E-state index contributed by atoms with van der Waals surface area (Å²) in [4.78, 5) is 15.0. The van der Waals surface area contributed by atoms with Crippen LogP contribution in [0.25, 0.3) is 0 Å². The number of fused-ring (bicyclic) bond motifs is 1. The summed E-state index contributed by atoms with van der Waals surface area (Å²) >= 11 is 4.02. The molecule has 0 spiro atoms. The number of aromatic nitrogens is 2. The van der Waals surface area contributed by atoms with Crippen LogP contribution in [0.1, 0.15) is 34.8 Å². The summed E-state index contributed by atoms with van der Waals surface area (Å²) in [6.07, 6.45) is -2.71. The van der Waals surface area contributed by atoms with Crippen LogP contribution in [0.15, 0.2) is 0 Å². The van der Waals surface area contributed by atoms with Crippen molar-refractivity contribution in [3.05, 3.63) is 17.2 Å². The summed E-state index contributed by atoms with van der Waals surface area (Å²) in [5.74, 6) is -1.18. The number of hydrogen-bond acceptors (Lipinski definition) is 3. The molecule has 2 heterocycles. The Kier molecular flexibility index (Phi) is 3.20. The average Bonchev–Trinajstić information content (AvgIpc) is 2.65. The van der Waals surface area contributed by atoms with Gasteiger partial charge in [-0.25, -0.2) is 4.98 Å². The molecule has 0 amide bonds. The molecule has 0 saturated heterocycles. The largest absolute Gasteiger partial charge is 0.456 e. The van der Waals surface area contributed by atoms with E-state index in [-0.39, 0.29) is 5.75 Å². The number of carbonyl (C=O) groups is 1. The third-order valence-corrected chi connectivity index (χ3v) is 3.09. The van der Waals surface area contributed by atoms with Crippen LogP contribution in [0.3, 0.4) is 0 Å². The zero-order valence-electron chi connectivity index (χ0n) is 8.92. The molecule has 0 N–H and O–H groups in total. The van der Waals surface area contributed by atoms with E-state index in [4.69, 9.17) is 0 Å². The molecule has 1 aromatic heterocycles. The normalized spacial score (nSPS) is 15.8. The minimum atomic E-state index is -4.86. The van der Waals surface area contributed by atoms with Gasteiger partial charge in [0.2, 0.25) is 0 Å². The summed E-state index contributed by atoms with van der Waals surface area (Å²) in [5.41, 5.74) is -0.0381. The van der Waals surface area contributed by atoms with Crippen molar-refractivity contribution in [1.82, 2.24) is 9.55 Å². The number of imidazole rings is 1. The Hall–Kier alpha value is -0.980. The Bertz CT molecular complexity index is 453. The SMILES string of the molecule is O=C(c1nc(CS)n2c1CCCC2)C(F)(F)F. The van der Waals surface area contributed by atoms with Crippen molar-refractivity contribution in [3.63, 3.8) is 0 Å². The number of ketones is 1. The maximum Gasteiger partial charge on any atom is 0.456 e. The summed E-state index contributed by atoms with van der Waals surface area (Å²) in [6.45, 7) is 0.614. The first-order valence-electron chi connectivity index (χ1n) is 5.26. The van der Waals surface area contributed by atoms with Crippen molar-refractivity contribution in [2.24, 2.45) is 0 Å². The number of nitrogens with zero attached hydrogens (tertiary/aromatic N) is 2. The zero-order valence-corrected chi connectivity index (χ0v) is 9.81.